The van der Waals surface area contributed by atoms with Crippen LogP contribution >= 0.6 is 11.8 Å². The average Bonchev–Trinajstić information content (AvgIpc) is 3.05. The van der Waals surface area contributed by atoms with Crippen LogP contribution in [0.2, 0.25) is 0 Å². The fourth-order valence-corrected chi connectivity index (χ4v) is 3.50. The third-order valence-corrected chi connectivity index (χ3v) is 4.46. The number of ether oxygens (including phenoxy) is 1. The first-order chi connectivity index (χ1) is 9.38. The lowest BCUT2D eigenvalue weighted by atomic mass is 10.3. The first kappa shape index (κ1) is 12.8. The largest absolute Gasteiger partial charge is 0.377 e. The number of fused-ring (bicyclic) bond motifs is 1. The van der Waals surface area contributed by atoms with Crippen molar-refractivity contribution in [3.8, 4) is 0 Å². The maximum absolute atomic E-state index is 5.67. The third-order valence-electron chi connectivity index (χ3n) is 3.35. The van der Waals surface area contributed by atoms with E-state index >= 15 is 0 Å². The Hall–Kier alpha value is -1.26. The number of rotatable bonds is 5. The molecule has 1 unspecified atom stereocenters. The molecule has 0 spiro atoms. The molecule has 3 rings (SSSR count). The summed E-state index contributed by atoms with van der Waals surface area (Å²) in [7, 11) is 0. The van der Waals surface area contributed by atoms with Crippen LogP contribution in [0.15, 0.2) is 42.1 Å². The van der Waals surface area contributed by atoms with Crippen LogP contribution in [0.1, 0.15) is 12.8 Å². The first-order valence-corrected chi connectivity index (χ1v) is 7.67. The minimum Gasteiger partial charge on any atom is -0.377 e. The molecule has 0 N–H and O–H groups in total. The van der Waals surface area contributed by atoms with Gasteiger partial charge in [0.15, 0.2) is 5.16 Å². The lowest BCUT2D eigenvalue weighted by molar-refractivity contribution is 0.129. The quantitative estimate of drug-likeness (QED) is 0.617. The van der Waals surface area contributed by atoms with Crippen molar-refractivity contribution in [2.75, 3.05) is 12.4 Å². The second-order valence-electron chi connectivity index (χ2n) is 4.73. The van der Waals surface area contributed by atoms with Crippen LogP contribution in [-0.2, 0) is 11.3 Å². The predicted molar refractivity (Wildman–Crippen MR) is 79.6 cm³/mol. The number of hydrogen-bond donors (Lipinski definition) is 0. The number of allylic oxidation sites excluding steroid dienone is 1. The lowest BCUT2D eigenvalue weighted by Crippen LogP contribution is -2.09. The van der Waals surface area contributed by atoms with Crippen LogP contribution in [0, 0.1) is 0 Å². The maximum atomic E-state index is 5.67. The Morgan fingerprint density at radius 3 is 3.16 bits per heavy atom. The predicted octanol–water partition coefficient (Wildman–Crippen LogP) is 3.49. The summed E-state index contributed by atoms with van der Waals surface area (Å²) in [6.07, 6.45) is 4.68. The molecule has 1 fully saturated rings. The molecule has 1 aromatic heterocycles. The molecule has 4 heteroatoms. The van der Waals surface area contributed by atoms with E-state index in [1.807, 2.05) is 12.1 Å². The number of hydrogen-bond acceptors (Lipinski definition) is 3. The summed E-state index contributed by atoms with van der Waals surface area (Å²) in [5.74, 6) is 0.987. The number of para-hydroxylation sites is 2. The highest BCUT2D eigenvalue weighted by atomic mass is 32.2. The summed E-state index contributed by atoms with van der Waals surface area (Å²) in [5, 5.41) is 1.07. The molecule has 100 valence electrons. The van der Waals surface area contributed by atoms with Crippen LogP contribution in [0.3, 0.4) is 0 Å². The highest BCUT2D eigenvalue weighted by Gasteiger charge is 2.17. The highest BCUT2D eigenvalue weighted by Crippen LogP contribution is 2.27. The second-order valence-corrected chi connectivity index (χ2v) is 5.72. The van der Waals surface area contributed by atoms with Gasteiger partial charge in [-0.25, -0.2) is 4.98 Å². The molecular weight excluding hydrogens is 256 g/mol. The lowest BCUT2D eigenvalue weighted by Gasteiger charge is -2.09. The van der Waals surface area contributed by atoms with E-state index < -0.39 is 0 Å². The molecule has 0 radical (unpaired) electrons. The first-order valence-electron chi connectivity index (χ1n) is 6.69. The van der Waals surface area contributed by atoms with E-state index in [0.29, 0.717) is 6.10 Å². The summed E-state index contributed by atoms with van der Waals surface area (Å²) in [4.78, 5) is 4.71. The third kappa shape index (κ3) is 2.69. The molecule has 0 aliphatic carbocycles. The number of thioether (sulfide) groups is 1. The molecule has 0 amide bonds. The molecule has 1 aromatic carbocycles. The van der Waals surface area contributed by atoms with E-state index in [1.54, 1.807) is 11.8 Å². The molecule has 1 saturated heterocycles. The van der Waals surface area contributed by atoms with Crippen molar-refractivity contribution in [2.45, 2.75) is 30.6 Å². The zero-order valence-electron chi connectivity index (χ0n) is 10.9. The topological polar surface area (TPSA) is 27.1 Å². The van der Waals surface area contributed by atoms with E-state index in [1.165, 1.54) is 18.4 Å². The van der Waals surface area contributed by atoms with Gasteiger partial charge in [-0.2, -0.15) is 0 Å². The Kier molecular flexibility index (Phi) is 3.89. The molecule has 3 nitrogen and oxygen atoms in total. The molecular formula is C15H18N2OS. The van der Waals surface area contributed by atoms with Gasteiger partial charge in [0.1, 0.15) is 0 Å². The smallest absolute Gasteiger partial charge is 0.169 e. The van der Waals surface area contributed by atoms with Gasteiger partial charge in [-0.15, -0.1) is 6.58 Å². The van der Waals surface area contributed by atoms with Crippen molar-refractivity contribution < 1.29 is 4.74 Å². The normalized spacial score (nSPS) is 19.1. The molecule has 2 aromatic rings. The van der Waals surface area contributed by atoms with Crippen molar-refractivity contribution in [3.05, 3.63) is 36.9 Å². The summed E-state index contributed by atoms with van der Waals surface area (Å²) in [6, 6.07) is 8.26. The van der Waals surface area contributed by atoms with E-state index in [2.05, 4.69) is 29.3 Å². The van der Waals surface area contributed by atoms with Crippen LogP contribution in [-0.4, -0.2) is 28.0 Å². The Morgan fingerprint density at radius 2 is 2.37 bits per heavy atom. The summed E-state index contributed by atoms with van der Waals surface area (Å²) in [6.45, 7) is 5.55. The summed E-state index contributed by atoms with van der Waals surface area (Å²) < 4.78 is 7.89. The van der Waals surface area contributed by atoms with Crippen molar-refractivity contribution in [1.82, 2.24) is 9.55 Å². The molecule has 2 heterocycles. The van der Waals surface area contributed by atoms with Gasteiger partial charge < -0.3 is 9.30 Å². The van der Waals surface area contributed by atoms with Gasteiger partial charge in [-0.3, -0.25) is 0 Å². The van der Waals surface area contributed by atoms with Crippen molar-refractivity contribution >= 4 is 22.8 Å². The number of benzene rings is 1. The van der Waals surface area contributed by atoms with Crippen LogP contribution in [0.4, 0.5) is 0 Å². The zero-order chi connectivity index (χ0) is 13.1. The Bertz CT molecular complexity index is 573. The van der Waals surface area contributed by atoms with Gasteiger partial charge in [0, 0.05) is 18.9 Å². The second kappa shape index (κ2) is 5.80. The van der Waals surface area contributed by atoms with Crippen molar-refractivity contribution in [2.24, 2.45) is 0 Å². The van der Waals surface area contributed by atoms with Crippen LogP contribution in [0.25, 0.3) is 11.0 Å². The van der Waals surface area contributed by atoms with Gasteiger partial charge in [0.2, 0.25) is 0 Å². The SMILES string of the molecule is C=CCn1c(SCC2CCCO2)nc2ccccc21. The standard InChI is InChI=1S/C15H18N2OS/c1-2-9-17-14-8-4-3-7-13(14)16-15(17)19-11-12-6-5-10-18-12/h2-4,7-8,12H,1,5-6,9-11H2. The van der Waals surface area contributed by atoms with Gasteiger partial charge in [-0.1, -0.05) is 30.0 Å². The van der Waals surface area contributed by atoms with Crippen LogP contribution < -0.4 is 0 Å². The Morgan fingerprint density at radius 1 is 1.47 bits per heavy atom. The molecule has 1 aliphatic rings. The molecule has 0 bridgehead atoms. The van der Waals surface area contributed by atoms with Crippen molar-refractivity contribution in [1.29, 1.82) is 0 Å². The Balaban J connectivity index is 1.84. The Labute approximate surface area is 117 Å². The minimum atomic E-state index is 0.391. The van der Waals surface area contributed by atoms with Gasteiger partial charge in [-0.05, 0) is 25.0 Å². The number of nitrogens with zero attached hydrogens (tertiary/aromatic N) is 2. The van der Waals surface area contributed by atoms with Crippen LogP contribution in [0.5, 0.6) is 0 Å². The average molecular weight is 274 g/mol. The van der Waals surface area contributed by atoms with E-state index in [-0.39, 0.29) is 0 Å². The highest BCUT2D eigenvalue weighted by molar-refractivity contribution is 7.99. The minimum absolute atomic E-state index is 0.391. The summed E-state index contributed by atoms with van der Waals surface area (Å²) in [5.41, 5.74) is 2.23. The van der Waals surface area contributed by atoms with Gasteiger partial charge in [0.05, 0.1) is 17.1 Å². The molecule has 19 heavy (non-hydrogen) atoms. The molecule has 0 saturated carbocycles. The monoisotopic (exact) mass is 274 g/mol. The van der Waals surface area contributed by atoms with Gasteiger partial charge >= 0.3 is 0 Å². The zero-order valence-corrected chi connectivity index (χ0v) is 11.7. The summed E-state index contributed by atoms with van der Waals surface area (Å²) >= 11 is 1.79. The molecule has 1 atom stereocenters. The molecule has 1 aliphatic heterocycles. The van der Waals surface area contributed by atoms with E-state index in [9.17, 15) is 0 Å². The van der Waals surface area contributed by atoms with E-state index in [0.717, 1.165) is 29.6 Å². The number of aromatic nitrogens is 2. The van der Waals surface area contributed by atoms with Crippen molar-refractivity contribution in [3.63, 3.8) is 0 Å². The maximum Gasteiger partial charge on any atom is 0.169 e. The van der Waals surface area contributed by atoms with E-state index in [4.69, 9.17) is 9.72 Å². The fraction of sp³-hybridized carbons (Fsp3) is 0.400. The number of imidazole rings is 1. The fourth-order valence-electron chi connectivity index (χ4n) is 2.41. The van der Waals surface area contributed by atoms with Gasteiger partial charge in [0.25, 0.3) is 0 Å².